The number of nitro groups is 1. The van der Waals surface area contributed by atoms with Crippen molar-refractivity contribution >= 4 is 28.2 Å². The highest BCUT2D eigenvalue weighted by molar-refractivity contribution is 5.97. The van der Waals surface area contributed by atoms with Gasteiger partial charge in [-0.3, -0.25) is 24.7 Å². The topological polar surface area (TPSA) is 102 Å². The first kappa shape index (κ1) is 18.6. The van der Waals surface area contributed by atoms with E-state index in [1.807, 2.05) is 4.90 Å². The molecule has 2 aromatic heterocycles. The van der Waals surface area contributed by atoms with Gasteiger partial charge in [0.1, 0.15) is 11.4 Å². The molecule has 148 valence electrons. The Morgan fingerprint density at radius 2 is 1.76 bits per heavy atom. The van der Waals surface area contributed by atoms with Crippen molar-refractivity contribution in [2.75, 3.05) is 31.1 Å². The fourth-order valence-corrected chi connectivity index (χ4v) is 3.73. The smallest absolute Gasteiger partial charge is 0.357 e. The molecule has 0 spiro atoms. The number of aryl methyl sites for hydroxylation is 1. The maximum atomic E-state index is 12.7. The van der Waals surface area contributed by atoms with E-state index >= 15 is 0 Å². The maximum absolute atomic E-state index is 12.7. The molecule has 1 aromatic carbocycles. The van der Waals surface area contributed by atoms with Crippen LogP contribution in [-0.4, -0.2) is 51.5 Å². The number of fused-ring (bicyclic) bond motifs is 1. The number of amides is 1. The Labute approximate surface area is 165 Å². The molecule has 1 amide bonds. The van der Waals surface area contributed by atoms with Gasteiger partial charge in [0, 0.05) is 44.8 Å². The maximum Gasteiger partial charge on any atom is 0.357 e. The first-order valence-electron chi connectivity index (χ1n) is 9.20. The summed E-state index contributed by atoms with van der Waals surface area (Å²) in [5.41, 5.74) is 0.237. The van der Waals surface area contributed by atoms with Crippen LogP contribution in [0.2, 0.25) is 0 Å². The van der Waals surface area contributed by atoms with Gasteiger partial charge in [-0.1, -0.05) is 24.3 Å². The molecule has 1 aliphatic heterocycles. The Hall–Kier alpha value is -3.75. The first-order valence-corrected chi connectivity index (χ1v) is 9.20. The minimum absolute atomic E-state index is 0.173. The van der Waals surface area contributed by atoms with Crippen LogP contribution in [0, 0.1) is 10.1 Å². The molecule has 9 nitrogen and oxygen atoms in total. The van der Waals surface area contributed by atoms with E-state index in [1.54, 1.807) is 53.6 Å². The highest BCUT2D eigenvalue weighted by Crippen LogP contribution is 2.33. The van der Waals surface area contributed by atoms with Gasteiger partial charge in [-0.25, -0.2) is 0 Å². The molecular formula is C20H19N5O4. The normalized spacial score (nSPS) is 14.2. The number of para-hydroxylation sites is 1. The van der Waals surface area contributed by atoms with E-state index in [2.05, 4.69) is 4.98 Å². The lowest BCUT2D eigenvalue weighted by atomic mass is 10.1. The predicted molar refractivity (Wildman–Crippen MR) is 108 cm³/mol. The number of nitrogens with zero attached hydrogens (tertiary/aromatic N) is 5. The van der Waals surface area contributed by atoms with Crippen molar-refractivity contribution in [1.29, 1.82) is 0 Å². The third-order valence-corrected chi connectivity index (χ3v) is 5.20. The van der Waals surface area contributed by atoms with Gasteiger partial charge in [0.05, 0.1) is 10.4 Å². The Bertz CT molecular complexity index is 1150. The number of carbonyl (C=O) groups is 1. The summed E-state index contributed by atoms with van der Waals surface area (Å²) >= 11 is 0. The summed E-state index contributed by atoms with van der Waals surface area (Å²) in [5.74, 6) is -0.173. The average molecular weight is 393 g/mol. The summed E-state index contributed by atoms with van der Waals surface area (Å²) in [5, 5.41) is 12.4. The van der Waals surface area contributed by atoms with E-state index in [9.17, 15) is 19.7 Å². The predicted octanol–water partition coefficient (Wildman–Crippen LogP) is 1.80. The lowest BCUT2D eigenvalue weighted by Gasteiger charge is -2.36. The fraction of sp³-hybridized carbons (Fsp3) is 0.250. The molecule has 29 heavy (non-hydrogen) atoms. The third kappa shape index (κ3) is 3.20. The molecule has 1 aliphatic rings. The molecule has 0 N–H and O–H groups in total. The van der Waals surface area contributed by atoms with Crippen LogP contribution in [0.3, 0.4) is 0 Å². The van der Waals surface area contributed by atoms with Gasteiger partial charge >= 0.3 is 11.2 Å². The van der Waals surface area contributed by atoms with E-state index in [4.69, 9.17) is 0 Å². The summed E-state index contributed by atoms with van der Waals surface area (Å²) < 4.78 is 1.30. The van der Waals surface area contributed by atoms with Crippen molar-refractivity contribution in [1.82, 2.24) is 14.5 Å². The number of hydrogen-bond acceptors (Lipinski definition) is 6. The van der Waals surface area contributed by atoms with Gasteiger partial charge in [0.2, 0.25) is 0 Å². The quantitative estimate of drug-likeness (QED) is 0.497. The molecule has 0 saturated carbocycles. The van der Waals surface area contributed by atoms with Crippen LogP contribution >= 0.6 is 0 Å². The highest BCUT2D eigenvalue weighted by atomic mass is 16.6. The summed E-state index contributed by atoms with van der Waals surface area (Å²) in [6.45, 7) is 1.54. The van der Waals surface area contributed by atoms with Crippen molar-refractivity contribution in [3.63, 3.8) is 0 Å². The number of carbonyl (C=O) groups excluding carboxylic acids is 1. The number of hydrogen-bond donors (Lipinski definition) is 0. The molecule has 1 saturated heterocycles. The van der Waals surface area contributed by atoms with Crippen LogP contribution in [-0.2, 0) is 7.05 Å². The Balaban J connectivity index is 1.69. The summed E-state index contributed by atoms with van der Waals surface area (Å²) in [6.07, 6.45) is 1.57. The minimum Gasteiger partial charge on any atom is -0.362 e. The number of pyridine rings is 2. The minimum atomic E-state index is -0.643. The van der Waals surface area contributed by atoms with Gasteiger partial charge < -0.3 is 14.4 Å². The monoisotopic (exact) mass is 393 g/mol. The molecular weight excluding hydrogens is 374 g/mol. The SMILES string of the molecule is Cn1c(=O)c([N+](=O)[O-])c(N2CCN(C(=O)c3ccccn3)CC2)c2ccccc21. The second-order valence-corrected chi connectivity index (χ2v) is 6.83. The summed E-state index contributed by atoms with van der Waals surface area (Å²) in [6, 6.07) is 12.3. The number of benzene rings is 1. The van der Waals surface area contributed by atoms with Crippen molar-refractivity contribution in [3.05, 3.63) is 74.8 Å². The van der Waals surface area contributed by atoms with E-state index in [1.165, 1.54) is 11.6 Å². The van der Waals surface area contributed by atoms with Crippen LogP contribution in [0.5, 0.6) is 0 Å². The summed E-state index contributed by atoms with van der Waals surface area (Å²) in [4.78, 5) is 44.0. The Morgan fingerprint density at radius 1 is 1.07 bits per heavy atom. The van der Waals surface area contributed by atoms with Gasteiger partial charge in [-0.15, -0.1) is 0 Å². The molecule has 0 bridgehead atoms. The molecule has 0 atom stereocenters. The second-order valence-electron chi connectivity index (χ2n) is 6.83. The largest absolute Gasteiger partial charge is 0.362 e. The Kier molecular flexibility index (Phi) is 4.71. The van der Waals surface area contributed by atoms with E-state index < -0.39 is 16.2 Å². The fourth-order valence-electron chi connectivity index (χ4n) is 3.73. The summed E-state index contributed by atoms with van der Waals surface area (Å²) in [7, 11) is 1.53. The molecule has 1 fully saturated rings. The van der Waals surface area contributed by atoms with Crippen LogP contribution in [0.15, 0.2) is 53.5 Å². The molecule has 0 unspecified atom stereocenters. The van der Waals surface area contributed by atoms with Crippen molar-refractivity contribution in [2.24, 2.45) is 7.05 Å². The molecule has 0 aliphatic carbocycles. The van der Waals surface area contributed by atoms with E-state index in [-0.39, 0.29) is 5.91 Å². The third-order valence-electron chi connectivity index (χ3n) is 5.20. The van der Waals surface area contributed by atoms with Gasteiger partial charge in [0.15, 0.2) is 0 Å². The number of anilines is 1. The van der Waals surface area contributed by atoms with Crippen LogP contribution in [0.4, 0.5) is 11.4 Å². The van der Waals surface area contributed by atoms with Gasteiger partial charge in [-0.2, -0.15) is 0 Å². The van der Waals surface area contributed by atoms with Gasteiger partial charge in [0.25, 0.3) is 5.91 Å². The number of aromatic nitrogens is 2. The Morgan fingerprint density at radius 3 is 2.41 bits per heavy atom. The number of rotatable bonds is 3. The first-order chi connectivity index (χ1) is 14.0. The molecule has 4 rings (SSSR count). The average Bonchev–Trinajstić information content (AvgIpc) is 2.76. The lowest BCUT2D eigenvalue weighted by Crippen LogP contribution is -2.49. The van der Waals surface area contributed by atoms with Crippen molar-refractivity contribution in [2.45, 2.75) is 0 Å². The highest BCUT2D eigenvalue weighted by Gasteiger charge is 2.31. The van der Waals surface area contributed by atoms with Crippen LogP contribution < -0.4 is 10.5 Å². The van der Waals surface area contributed by atoms with Crippen molar-refractivity contribution in [3.8, 4) is 0 Å². The van der Waals surface area contributed by atoms with E-state index in [0.717, 1.165) is 0 Å². The molecule has 0 radical (unpaired) electrons. The number of piperazine rings is 1. The van der Waals surface area contributed by atoms with E-state index in [0.29, 0.717) is 48.5 Å². The van der Waals surface area contributed by atoms with Gasteiger partial charge in [-0.05, 0) is 18.2 Å². The zero-order chi connectivity index (χ0) is 20.5. The van der Waals surface area contributed by atoms with Crippen LogP contribution in [0.25, 0.3) is 10.9 Å². The van der Waals surface area contributed by atoms with Crippen LogP contribution in [0.1, 0.15) is 10.5 Å². The molecule has 9 heteroatoms. The molecule has 3 heterocycles. The van der Waals surface area contributed by atoms with Crippen molar-refractivity contribution < 1.29 is 9.72 Å². The standard InChI is InChI=1S/C20H19N5O4/c1-22-16-8-3-2-6-14(16)17(18(20(22)27)25(28)29)23-10-12-24(13-11-23)19(26)15-7-4-5-9-21-15/h2-9H,10-13H2,1H3. The zero-order valence-electron chi connectivity index (χ0n) is 15.8. The molecule has 3 aromatic rings. The lowest BCUT2D eigenvalue weighted by molar-refractivity contribution is -0.385. The second kappa shape index (κ2) is 7.34. The zero-order valence-corrected chi connectivity index (χ0v) is 15.8.